The molecule has 6 heteroatoms. The lowest BCUT2D eigenvalue weighted by molar-refractivity contribution is -0.171. The van der Waals surface area contributed by atoms with Crippen LogP contribution < -0.4 is 9.47 Å². The average molecular weight is 428 g/mol. The van der Waals surface area contributed by atoms with E-state index in [0.29, 0.717) is 19.3 Å². The predicted octanol–water partition coefficient (Wildman–Crippen LogP) is 2.84. The minimum atomic E-state index is -0.741. The highest BCUT2D eigenvalue weighted by atomic mass is 16.5. The van der Waals surface area contributed by atoms with Gasteiger partial charge in [-0.15, -0.1) is 0 Å². The first-order valence-corrected chi connectivity index (χ1v) is 10.8. The zero-order valence-electron chi connectivity index (χ0n) is 18.7. The first-order chi connectivity index (χ1) is 14.8. The van der Waals surface area contributed by atoms with Gasteiger partial charge in [0.2, 0.25) is 5.91 Å². The van der Waals surface area contributed by atoms with Gasteiger partial charge in [0.05, 0.1) is 32.3 Å². The molecular formula is C25H33NO5. The van der Waals surface area contributed by atoms with Gasteiger partial charge in [-0.3, -0.25) is 4.79 Å². The normalized spacial score (nSPS) is 20.4. The molecule has 2 aromatic rings. The minimum Gasteiger partial charge on any atom is -0.497 e. The number of likely N-dealkylation sites (tertiary alicyclic amines) is 1. The molecule has 1 aliphatic heterocycles. The maximum absolute atomic E-state index is 13.1. The number of carbonyl (C=O) groups is 1. The molecule has 1 aliphatic rings. The van der Waals surface area contributed by atoms with E-state index in [1.54, 1.807) is 28.1 Å². The summed E-state index contributed by atoms with van der Waals surface area (Å²) < 4.78 is 10.5. The molecule has 2 aromatic carbocycles. The molecule has 1 saturated heterocycles. The summed E-state index contributed by atoms with van der Waals surface area (Å²) in [4.78, 5) is 14.9. The van der Waals surface area contributed by atoms with Crippen LogP contribution in [0.1, 0.15) is 31.4 Å². The summed E-state index contributed by atoms with van der Waals surface area (Å²) >= 11 is 0. The number of methoxy groups -OCH3 is 2. The molecule has 6 nitrogen and oxygen atoms in total. The van der Waals surface area contributed by atoms with E-state index in [0.717, 1.165) is 22.6 Å². The van der Waals surface area contributed by atoms with Crippen LogP contribution in [0.25, 0.3) is 0 Å². The van der Waals surface area contributed by atoms with Gasteiger partial charge in [0, 0.05) is 12.1 Å². The van der Waals surface area contributed by atoms with Gasteiger partial charge in [-0.2, -0.15) is 0 Å². The van der Waals surface area contributed by atoms with Gasteiger partial charge in [-0.05, 0) is 68.5 Å². The van der Waals surface area contributed by atoms with E-state index < -0.39 is 18.1 Å². The standard InChI is InChI=1S/C25H33NO5/c1-16(27)13-23-24(17(2)28)25(29)26(23)20(14-18-5-9-21(30-3)10-6-18)15-19-7-11-22(31-4)12-8-19/h5-12,16-17,20,23-24,27-28H,13-15H2,1-4H3/t16?,17-,23+,24-/m1/s1. The Morgan fingerprint density at radius 3 is 1.68 bits per heavy atom. The second-order valence-corrected chi connectivity index (χ2v) is 8.42. The quantitative estimate of drug-likeness (QED) is 0.570. The zero-order valence-corrected chi connectivity index (χ0v) is 18.7. The summed E-state index contributed by atoms with van der Waals surface area (Å²) in [5.41, 5.74) is 2.20. The van der Waals surface area contributed by atoms with Crippen molar-refractivity contribution in [3.63, 3.8) is 0 Å². The highest BCUT2D eigenvalue weighted by molar-refractivity contribution is 5.87. The molecule has 31 heavy (non-hydrogen) atoms. The van der Waals surface area contributed by atoms with Crippen LogP contribution >= 0.6 is 0 Å². The van der Waals surface area contributed by atoms with Gasteiger partial charge in [0.15, 0.2) is 0 Å². The molecule has 168 valence electrons. The fourth-order valence-electron chi connectivity index (χ4n) is 4.52. The summed E-state index contributed by atoms with van der Waals surface area (Å²) in [5, 5.41) is 20.2. The Balaban J connectivity index is 1.88. The van der Waals surface area contributed by atoms with Gasteiger partial charge in [0.1, 0.15) is 11.5 Å². The maximum Gasteiger partial charge on any atom is 0.230 e. The third kappa shape index (κ3) is 5.38. The average Bonchev–Trinajstić information content (AvgIpc) is 2.74. The van der Waals surface area contributed by atoms with Crippen molar-refractivity contribution in [2.24, 2.45) is 5.92 Å². The SMILES string of the molecule is COc1ccc(CC(Cc2ccc(OC)cc2)N2C(=O)[C@H]([C@@H](C)O)[C@@H]2CC(C)O)cc1. The summed E-state index contributed by atoms with van der Waals surface area (Å²) in [5.74, 6) is 1.06. The molecule has 4 atom stereocenters. The van der Waals surface area contributed by atoms with Crippen molar-refractivity contribution < 1.29 is 24.5 Å². The number of benzene rings is 2. The van der Waals surface area contributed by atoms with Gasteiger partial charge in [0.25, 0.3) is 0 Å². The Kier molecular flexibility index (Phi) is 7.57. The highest BCUT2D eigenvalue weighted by Crippen LogP contribution is 2.36. The van der Waals surface area contributed by atoms with Crippen LogP contribution in [0.15, 0.2) is 48.5 Å². The third-order valence-corrected chi connectivity index (χ3v) is 6.07. The Morgan fingerprint density at radius 2 is 1.32 bits per heavy atom. The Hall–Kier alpha value is -2.57. The number of hydrogen-bond acceptors (Lipinski definition) is 5. The molecule has 0 aliphatic carbocycles. The number of ether oxygens (including phenoxy) is 2. The van der Waals surface area contributed by atoms with Crippen LogP contribution in [0, 0.1) is 5.92 Å². The molecule has 1 amide bonds. The minimum absolute atomic E-state index is 0.0485. The van der Waals surface area contributed by atoms with E-state index in [9.17, 15) is 15.0 Å². The molecule has 2 N–H and O–H groups in total. The molecule has 1 heterocycles. The molecule has 0 bridgehead atoms. The number of carbonyl (C=O) groups excluding carboxylic acids is 1. The van der Waals surface area contributed by atoms with Crippen molar-refractivity contribution in [2.45, 2.75) is 57.4 Å². The molecule has 0 aromatic heterocycles. The topological polar surface area (TPSA) is 79.2 Å². The number of amides is 1. The molecule has 0 saturated carbocycles. The molecule has 1 fully saturated rings. The van der Waals surface area contributed by atoms with E-state index in [2.05, 4.69) is 0 Å². The molecule has 0 radical (unpaired) electrons. The predicted molar refractivity (Wildman–Crippen MR) is 119 cm³/mol. The van der Waals surface area contributed by atoms with Gasteiger partial charge >= 0.3 is 0 Å². The Bertz CT molecular complexity index is 798. The Morgan fingerprint density at radius 1 is 0.871 bits per heavy atom. The van der Waals surface area contributed by atoms with E-state index in [1.165, 1.54) is 0 Å². The fraction of sp³-hybridized carbons (Fsp3) is 0.480. The van der Waals surface area contributed by atoms with Gasteiger partial charge < -0.3 is 24.6 Å². The van der Waals surface area contributed by atoms with Crippen LogP contribution in [-0.2, 0) is 17.6 Å². The lowest BCUT2D eigenvalue weighted by Gasteiger charge is -2.53. The third-order valence-electron chi connectivity index (χ3n) is 6.07. The summed E-state index contributed by atoms with van der Waals surface area (Å²) in [7, 11) is 3.27. The molecule has 0 spiro atoms. The number of rotatable bonds is 10. The second-order valence-electron chi connectivity index (χ2n) is 8.42. The van der Waals surface area contributed by atoms with Crippen molar-refractivity contribution in [3.05, 3.63) is 59.7 Å². The fourth-order valence-corrected chi connectivity index (χ4v) is 4.52. The van der Waals surface area contributed by atoms with Crippen LogP contribution in [0.4, 0.5) is 0 Å². The number of aliphatic hydroxyl groups excluding tert-OH is 2. The van der Waals surface area contributed by atoms with Crippen LogP contribution in [0.3, 0.4) is 0 Å². The second kappa shape index (κ2) is 10.2. The van der Waals surface area contributed by atoms with Crippen LogP contribution in [0.2, 0.25) is 0 Å². The van der Waals surface area contributed by atoms with Crippen molar-refractivity contribution >= 4 is 5.91 Å². The van der Waals surface area contributed by atoms with Crippen molar-refractivity contribution in [3.8, 4) is 11.5 Å². The largest absolute Gasteiger partial charge is 0.497 e. The number of hydrogen-bond donors (Lipinski definition) is 2. The molecular weight excluding hydrogens is 394 g/mol. The van der Waals surface area contributed by atoms with E-state index in [1.807, 2.05) is 53.4 Å². The first kappa shape index (κ1) is 23.1. The zero-order chi connectivity index (χ0) is 22.5. The van der Waals surface area contributed by atoms with Gasteiger partial charge in [-0.25, -0.2) is 0 Å². The van der Waals surface area contributed by atoms with E-state index >= 15 is 0 Å². The lowest BCUT2D eigenvalue weighted by atomic mass is 9.77. The molecule has 3 rings (SSSR count). The number of aliphatic hydroxyl groups is 2. The van der Waals surface area contributed by atoms with Gasteiger partial charge in [-0.1, -0.05) is 24.3 Å². The van der Waals surface area contributed by atoms with Crippen LogP contribution in [0.5, 0.6) is 11.5 Å². The maximum atomic E-state index is 13.1. The van der Waals surface area contributed by atoms with Crippen molar-refractivity contribution in [1.82, 2.24) is 4.90 Å². The van der Waals surface area contributed by atoms with E-state index in [4.69, 9.17) is 9.47 Å². The van der Waals surface area contributed by atoms with Crippen molar-refractivity contribution in [1.29, 1.82) is 0 Å². The summed E-state index contributed by atoms with van der Waals surface area (Å²) in [6.45, 7) is 3.37. The summed E-state index contributed by atoms with van der Waals surface area (Å²) in [6, 6.07) is 15.5. The highest BCUT2D eigenvalue weighted by Gasteiger charge is 2.52. The first-order valence-electron chi connectivity index (χ1n) is 10.8. The van der Waals surface area contributed by atoms with Crippen LogP contribution in [-0.4, -0.2) is 59.5 Å². The Labute approximate surface area is 184 Å². The smallest absolute Gasteiger partial charge is 0.230 e. The van der Waals surface area contributed by atoms with E-state index in [-0.39, 0.29) is 18.0 Å². The number of nitrogens with zero attached hydrogens (tertiary/aromatic N) is 1. The van der Waals surface area contributed by atoms with Crippen molar-refractivity contribution in [2.75, 3.05) is 14.2 Å². The lowest BCUT2D eigenvalue weighted by Crippen LogP contribution is -2.68. The monoisotopic (exact) mass is 427 g/mol. The summed E-state index contributed by atoms with van der Waals surface area (Å²) in [6.07, 6.45) is 0.498. The number of β-lactam (4-membered cyclic amide) rings is 1. The molecule has 1 unspecified atom stereocenters.